The van der Waals surface area contributed by atoms with Crippen molar-refractivity contribution in [3.05, 3.63) is 30.1 Å². The molecule has 1 saturated heterocycles. The van der Waals surface area contributed by atoms with E-state index in [9.17, 15) is 8.42 Å². The van der Waals surface area contributed by atoms with Gasteiger partial charge in [-0.25, -0.2) is 13.1 Å². The average Bonchev–Trinajstić information content (AvgIpc) is 2.49. The standard InChI is InChI=1S/C16H25N3O2S/c1-2-22(20,21)18-15-11-16(12-15)6-9-19(10-7-16)13-14-5-3-4-8-17-14/h3-5,8,15,18H,2,6-7,9-13H2,1H3. The first-order chi connectivity index (χ1) is 10.5. The summed E-state index contributed by atoms with van der Waals surface area (Å²) < 4.78 is 26.0. The lowest BCUT2D eigenvalue weighted by Crippen LogP contribution is -2.54. The number of likely N-dealkylation sites (tertiary alicyclic amines) is 1. The van der Waals surface area contributed by atoms with Gasteiger partial charge in [0.15, 0.2) is 0 Å². The fourth-order valence-electron chi connectivity index (χ4n) is 3.72. The van der Waals surface area contributed by atoms with Crippen LogP contribution in [0.3, 0.4) is 0 Å². The summed E-state index contributed by atoms with van der Waals surface area (Å²) in [7, 11) is -3.06. The lowest BCUT2D eigenvalue weighted by Gasteiger charge is -2.52. The third kappa shape index (κ3) is 3.67. The Morgan fingerprint density at radius 3 is 2.64 bits per heavy atom. The van der Waals surface area contributed by atoms with Crippen LogP contribution in [0.1, 0.15) is 38.3 Å². The van der Waals surface area contributed by atoms with Gasteiger partial charge in [0, 0.05) is 18.8 Å². The monoisotopic (exact) mass is 323 g/mol. The van der Waals surface area contributed by atoms with E-state index in [0.29, 0.717) is 5.41 Å². The van der Waals surface area contributed by atoms with Gasteiger partial charge in [0.25, 0.3) is 0 Å². The van der Waals surface area contributed by atoms with E-state index < -0.39 is 10.0 Å². The van der Waals surface area contributed by atoms with E-state index in [-0.39, 0.29) is 11.8 Å². The summed E-state index contributed by atoms with van der Waals surface area (Å²) >= 11 is 0. The van der Waals surface area contributed by atoms with Gasteiger partial charge in [-0.2, -0.15) is 0 Å². The van der Waals surface area contributed by atoms with Gasteiger partial charge in [-0.1, -0.05) is 6.07 Å². The van der Waals surface area contributed by atoms with E-state index in [2.05, 4.69) is 20.7 Å². The molecule has 1 N–H and O–H groups in total. The Bertz CT molecular complexity index is 587. The van der Waals surface area contributed by atoms with Crippen molar-refractivity contribution in [1.29, 1.82) is 0 Å². The normalized spacial score (nSPS) is 22.6. The summed E-state index contributed by atoms with van der Waals surface area (Å²) in [6.07, 6.45) is 6.19. The number of sulfonamides is 1. The molecule has 0 amide bonds. The van der Waals surface area contributed by atoms with Gasteiger partial charge in [0.05, 0.1) is 11.4 Å². The van der Waals surface area contributed by atoms with E-state index in [0.717, 1.165) is 38.2 Å². The van der Waals surface area contributed by atoms with Crippen LogP contribution in [0, 0.1) is 5.41 Å². The zero-order valence-electron chi connectivity index (χ0n) is 13.2. The minimum Gasteiger partial charge on any atom is -0.297 e. The maximum atomic E-state index is 11.6. The molecule has 1 spiro atoms. The Morgan fingerprint density at radius 2 is 2.05 bits per heavy atom. The van der Waals surface area contributed by atoms with Crippen molar-refractivity contribution in [1.82, 2.24) is 14.6 Å². The summed E-state index contributed by atoms with van der Waals surface area (Å²) in [5, 5.41) is 0. The Labute approximate surface area is 133 Å². The predicted octanol–water partition coefficient (Wildman–Crippen LogP) is 1.77. The number of pyridine rings is 1. The predicted molar refractivity (Wildman–Crippen MR) is 86.8 cm³/mol. The fraction of sp³-hybridized carbons (Fsp3) is 0.688. The molecule has 2 fully saturated rings. The SMILES string of the molecule is CCS(=O)(=O)NC1CC2(CCN(Cc3ccccn3)CC2)C1. The van der Waals surface area contributed by atoms with Gasteiger partial charge in [-0.3, -0.25) is 9.88 Å². The fourth-order valence-corrected chi connectivity index (χ4v) is 4.56. The molecule has 3 rings (SSSR count). The highest BCUT2D eigenvalue weighted by atomic mass is 32.2. The number of aromatic nitrogens is 1. The molecule has 1 aliphatic heterocycles. The van der Waals surface area contributed by atoms with Crippen molar-refractivity contribution in [2.24, 2.45) is 5.41 Å². The molecule has 6 heteroatoms. The minimum absolute atomic E-state index is 0.160. The van der Waals surface area contributed by atoms with Crippen LogP contribution in [-0.2, 0) is 16.6 Å². The average molecular weight is 323 g/mol. The summed E-state index contributed by atoms with van der Waals surface area (Å²) in [6.45, 7) is 4.78. The van der Waals surface area contributed by atoms with Crippen molar-refractivity contribution < 1.29 is 8.42 Å². The molecule has 122 valence electrons. The van der Waals surface area contributed by atoms with Crippen LogP contribution in [0.4, 0.5) is 0 Å². The topological polar surface area (TPSA) is 62.3 Å². The maximum Gasteiger partial charge on any atom is 0.211 e. The zero-order valence-corrected chi connectivity index (χ0v) is 14.0. The van der Waals surface area contributed by atoms with Crippen molar-refractivity contribution >= 4 is 10.0 Å². The van der Waals surface area contributed by atoms with Crippen molar-refractivity contribution in [2.75, 3.05) is 18.8 Å². The van der Waals surface area contributed by atoms with E-state index in [1.165, 1.54) is 12.8 Å². The molecule has 2 heterocycles. The summed E-state index contributed by atoms with van der Waals surface area (Å²) in [4.78, 5) is 6.84. The van der Waals surface area contributed by atoms with Gasteiger partial charge in [0.2, 0.25) is 10.0 Å². The molecular formula is C16H25N3O2S. The first kappa shape index (κ1) is 15.9. The van der Waals surface area contributed by atoms with Gasteiger partial charge < -0.3 is 0 Å². The Hall–Kier alpha value is -0.980. The summed E-state index contributed by atoms with van der Waals surface area (Å²) in [5.41, 5.74) is 1.50. The van der Waals surface area contributed by atoms with Gasteiger partial charge in [-0.15, -0.1) is 0 Å². The molecule has 0 aromatic carbocycles. The van der Waals surface area contributed by atoms with E-state index in [1.54, 1.807) is 6.92 Å². The van der Waals surface area contributed by atoms with E-state index >= 15 is 0 Å². The third-order valence-corrected chi connectivity index (χ3v) is 6.57. The zero-order chi connectivity index (χ0) is 15.6. The molecule has 0 radical (unpaired) electrons. The highest BCUT2D eigenvalue weighted by Crippen LogP contribution is 2.49. The largest absolute Gasteiger partial charge is 0.297 e. The molecule has 0 bridgehead atoms. The van der Waals surface area contributed by atoms with Crippen molar-refractivity contribution in [2.45, 2.75) is 45.2 Å². The first-order valence-corrected chi connectivity index (χ1v) is 9.78. The molecule has 0 atom stereocenters. The molecule has 1 saturated carbocycles. The van der Waals surface area contributed by atoms with Gasteiger partial charge in [-0.05, 0) is 63.2 Å². The van der Waals surface area contributed by atoms with Crippen LogP contribution in [0.15, 0.2) is 24.4 Å². The molecule has 2 aliphatic rings. The van der Waals surface area contributed by atoms with Gasteiger partial charge in [0.1, 0.15) is 0 Å². The third-order valence-electron chi connectivity index (χ3n) is 5.11. The molecular weight excluding hydrogens is 298 g/mol. The molecule has 22 heavy (non-hydrogen) atoms. The second-order valence-corrected chi connectivity index (χ2v) is 8.77. The molecule has 0 unspecified atom stereocenters. The number of hydrogen-bond acceptors (Lipinski definition) is 4. The molecule has 1 aliphatic carbocycles. The molecule has 5 nitrogen and oxygen atoms in total. The summed E-state index contributed by atoms with van der Waals surface area (Å²) in [5.74, 6) is 0.175. The lowest BCUT2D eigenvalue weighted by molar-refractivity contribution is 0.0103. The second-order valence-electron chi connectivity index (χ2n) is 6.72. The Kier molecular flexibility index (Phi) is 4.52. The van der Waals surface area contributed by atoms with Crippen LogP contribution < -0.4 is 4.72 Å². The minimum atomic E-state index is -3.06. The quantitative estimate of drug-likeness (QED) is 0.897. The van der Waals surface area contributed by atoms with Crippen LogP contribution in [0.5, 0.6) is 0 Å². The van der Waals surface area contributed by atoms with Crippen LogP contribution >= 0.6 is 0 Å². The second kappa shape index (κ2) is 6.26. The number of hydrogen-bond donors (Lipinski definition) is 1. The van der Waals surface area contributed by atoms with Crippen LogP contribution in [0.2, 0.25) is 0 Å². The maximum absolute atomic E-state index is 11.6. The highest BCUT2D eigenvalue weighted by molar-refractivity contribution is 7.89. The number of nitrogens with one attached hydrogen (secondary N) is 1. The first-order valence-electron chi connectivity index (χ1n) is 8.13. The smallest absolute Gasteiger partial charge is 0.211 e. The Balaban J connectivity index is 1.45. The van der Waals surface area contributed by atoms with Crippen molar-refractivity contribution in [3.63, 3.8) is 0 Å². The van der Waals surface area contributed by atoms with E-state index in [4.69, 9.17) is 0 Å². The van der Waals surface area contributed by atoms with Crippen LogP contribution in [0.25, 0.3) is 0 Å². The number of rotatable bonds is 5. The summed E-state index contributed by atoms with van der Waals surface area (Å²) in [6, 6.07) is 6.21. The van der Waals surface area contributed by atoms with Crippen molar-refractivity contribution in [3.8, 4) is 0 Å². The van der Waals surface area contributed by atoms with Crippen LogP contribution in [-0.4, -0.2) is 43.2 Å². The number of piperidine rings is 1. The van der Waals surface area contributed by atoms with E-state index in [1.807, 2.05) is 18.3 Å². The molecule has 1 aromatic rings. The lowest BCUT2D eigenvalue weighted by atomic mass is 9.60. The Morgan fingerprint density at radius 1 is 1.32 bits per heavy atom. The molecule has 1 aromatic heterocycles. The van der Waals surface area contributed by atoms with Gasteiger partial charge >= 0.3 is 0 Å². The number of nitrogens with zero attached hydrogens (tertiary/aromatic N) is 2. The highest BCUT2D eigenvalue weighted by Gasteiger charge is 2.46.